The predicted molar refractivity (Wildman–Crippen MR) is 61.5 cm³/mol. The van der Waals surface area contributed by atoms with Crippen LogP contribution in [-0.4, -0.2) is 12.6 Å². The molecule has 3 N–H and O–H groups in total. The summed E-state index contributed by atoms with van der Waals surface area (Å²) < 4.78 is 0. The SMILES string of the molecule is CC(CN)N[C@H](C)c1ccc(Cl)cc1. The Hall–Kier alpha value is -0.570. The van der Waals surface area contributed by atoms with E-state index in [9.17, 15) is 0 Å². The van der Waals surface area contributed by atoms with Crippen LogP contribution in [0.3, 0.4) is 0 Å². The van der Waals surface area contributed by atoms with Crippen LogP contribution < -0.4 is 11.1 Å². The first-order valence-electron chi connectivity index (χ1n) is 4.85. The molecule has 0 aliphatic carbocycles. The Balaban J connectivity index is 2.60. The van der Waals surface area contributed by atoms with Crippen molar-refractivity contribution in [3.8, 4) is 0 Å². The van der Waals surface area contributed by atoms with Crippen molar-refractivity contribution in [3.05, 3.63) is 34.9 Å². The van der Waals surface area contributed by atoms with Crippen molar-refractivity contribution in [1.29, 1.82) is 0 Å². The zero-order chi connectivity index (χ0) is 10.6. The number of benzene rings is 1. The molecule has 0 bridgehead atoms. The Morgan fingerprint density at radius 2 is 1.86 bits per heavy atom. The van der Waals surface area contributed by atoms with E-state index in [1.54, 1.807) is 0 Å². The Kier molecular flexibility index (Phi) is 4.39. The lowest BCUT2D eigenvalue weighted by Crippen LogP contribution is -2.34. The summed E-state index contributed by atoms with van der Waals surface area (Å²) >= 11 is 5.81. The number of nitrogens with two attached hydrogens (primary N) is 1. The second-order valence-electron chi connectivity index (χ2n) is 3.58. The third-order valence-electron chi connectivity index (χ3n) is 2.26. The highest BCUT2D eigenvalue weighted by Crippen LogP contribution is 2.16. The van der Waals surface area contributed by atoms with Crippen LogP contribution in [0.25, 0.3) is 0 Å². The largest absolute Gasteiger partial charge is 0.329 e. The van der Waals surface area contributed by atoms with E-state index in [2.05, 4.69) is 19.2 Å². The number of rotatable bonds is 4. The Bertz CT molecular complexity index is 271. The minimum atomic E-state index is 0.311. The van der Waals surface area contributed by atoms with Crippen molar-refractivity contribution in [2.45, 2.75) is 25.9 Å². The predicted octanol–water partition coefficient (Wildman–Crippen LogP) is 2.34. The summed E-state index contributed by atoms with van der Waals surface area (Å²) in [5.41, 5.74) is 6.77. The first-order valence-corrected chi connectivity index (χ1v) is 5.23. The molecular formula is C11H17ClN2. The fourth-order valence-electron chi connectivity index (χ4n) is 1.34. The van der Waals surface area contributed by atoms with Crippen molar-refractivity contribution in [3.63, 3.8) is 0 Å². The number of hydrogen-bond donors (Lipinski definition) is 2. The van der Waals surface area contributed by atoms with Crippen molar-refractivity contribution >= 4 is 11.6 Å². The van der Waals surface area contributed by atoms with Crippen LogP contribution in [0.5, 0.6) is 0 Å². The van der Waals surface area contributed by atoms with E-state index in [1.165, 1.54) is 5.56 Å². The molecule has 3 heteroatoms. The smallest absolute Gasteiger partial charge is 0.0406 e. The standard InChI is InChI=1S/C11H17ClN2/c1-8(7-13)14-9(2)10-3-5-11(12)6-4-10/h3-6,8-9,14H,7,13H2,1-2H3/t8?,9-/m1/s1. The van der Waals surface area contributed by atoms with Crippen LogP contribution in [0.4, 0.5) is 0 Å². The molecular weight excluding hydrogens is 196 g/mol. The molecule has 0 heterocycles. The third-order valence-corrected chi connectivity index (χ3v) is 2.51. The van der Waals surface area contributed by atoms with Crippen molar-refractivity contribution < 1.29 is 0 Å². The van der Waals surface area contributed by atoms with Gasteiger partial charge < -0.3 is 11.1 Å². The molecule has 0 aliphatic heterocycles. The molecule has 2 nitrogen and oxygen atoms in total. The van der Waals surface area contributed by atoms with E-state index < -0.39 is 0 Å². The van der Waals surface area contributed by atoms with Gasteiger partial charge in [0.1, 0.15) is 0 Å². The van der Waals surface area contributed by atoms with Gasteiger partial charge in [-0.15, -0.1) is 0 Å². The van der Waals surface area contributed by atoms with E-state index in [0.29, 0.717) is 18.6 Å². The van der Waals surface area contributed by atoms with Gasteiger partial charge in [-0.25, -0.2) is 0 Å². The number of halogens is 1. The van der Waals surface area contributed by atoms with Crippen LogP contribution in [0.1, 0.15) is 25.5 Å². The van der Waals surface area contributed by atoms with E-state index in [-0.39, 0.29) is 0 Å². The van der Waals surface area contributed by atoms with Gasteiger partial charge in [0.15, 0.2) is 0 Å². The molecule has 1 aromatic carbocycles. The topological polar surface area (TPSA) is 38.0 Å². The van der Waals surface area contributed by atoms with Crippen LogP contribution in [0.2, 0.25) is 5.02 Å². The van der Waals surface area contributed by atoms with Gasteiger partial charge in [0, 0.05) is 23.7 Å². The molecule has 0 aromatic heterocycles. The first-order chi connectivity index (χ1) is 6.63. The lowest BCUT2D eigenvalue weighted by atomic mass is 10.1. The molecule has 0 saturated heterocycles. The molecule has 1 rings (SSSR count). The van der Waals surface area contributed by atoms with Crippen LogP contribution in [0.15, 0.2) is 24.3 Å². The maximum absolute atomic E-state index is 5.81. The zero-order valence-electron chi connectivity index (χ0n) is 8.63. The Labute approximate surface area is 90.4 Å². The van der Waals surface area contributed by atoms with Crippen LogP contribution in [0, 0.1) is 0 Å². The average molecular weight is 213 g/mol. The summed E-state index contributed by atoms with van der Waals surface area (Å²) in [5, 5.41) is 4.17. The summed E-state index contributed by atoms with van der Waals surface area (Å²) in [6.45, 7) is 4.85. The van der Waals surface area contributed by atoms with Gasteiger partial charge in [-0.1, -0.05) is 23.7 Å². The summed E-state index contributed by atoms with van der Waals surface area (Å²) in [6.07, 6.45) is 0. The van der Waals surface area contributed by atoms with Gasteiger partial charge in [0.05, 0.1) is 0 Å². The molecule has 78 valence electrons. The summed E-state index contributed by atoms with van der Waals surface area (Å²) in [4.78, 5) is 0. The van der Waals surface area contributed by atoms with Crippen molar-refractivity contribution in [1.82, 2.24) is 5.32 Å². The monoisotopic (exact) mass is 212 g/mol. The Morgan fingerprint density at radius 3 is 2.36 bits per heavy atom. The molecule has 0 spiro atoms. The number of hydrogen-bond acceptors (Lipinski definition) is 2. The second-order valence-corrected chi connectivity index (χ2v) is 4.01. The normalized spacial score (nSPS) is 15.1. The van der Waals surface area contributed by atoms with Crippen molar-refractivity contribution in [2.24, 2.45) is 5.73 Å². The van der Waals surface area contributed by atoms with Gasteiger partial charge in [0.2, 0.25) is 0 Å². The fourth-order valence-corrected chi connectivity index (χ4v) is 1.47. The summed E-state index contributed by atoms with van der Waals surface area (Å²) in [7, 11) is 0. The minimum Gasteiger partial charge on any atom is -0.329 e. The molecule has 0 fully saturated rings. The van der Waals surface area contributed by atoms with E-state index >= 15 is 0 Å². The molecule has 0 aliphatic rings. The quantitative estimate of drug-likeness (QED) is 0.804. The Morgan fingerprint density at radius 1 is 1.29 bits per heavy atom. The molecule has 0 radical (unpaired) electrons. The molecule has 14 heavy (non-hydrogen) atoms. The summed E-state index contributed by atoms with van der Waals surface area (Å²) in [6, 6.07) is 8.52. The fraction of sp³-hybridized carbons (Fsp3) is 0.455. The zero-order valence-corrected chi connectivity index (χ0v) is 9.38. The van der Waals surface area contributed by atoms with Crippen LogP contribution in [-0.2, 0) is 0 Å². The van der Waals surface area contributed by atoms with E-state index in [1.807, 2.05) is 24.3 Å². The lowest BCUT2D eigenvalue weighted by molar-refractivity contribution is 0.485. The van der Waals surface area contributed by atoms with E-state index in [0.717, 1.165) is 5.02 Å². The highest BCUT2D eigenvalue weighted by atomic mass is 35.5. The molecule has 0 amide bonds. The van der Waals surface area contributed by atoms with Gasteiger partial charge >= 0.3 is 0 Å². The number of nitrogens with one attached hydrogen (secondary N) is 1. The summed E-state index contributed by atoms with van der Waals surface area (Å²) in [5.74, 6) is 0. The van der Waals surface area contributed by atoms with E-state index in [4.69, 9.17) is 17.3 Å². The molecule has 1 unspecified atom stereocenters. The maximum atomic E-state index is 5.81. The highest BCUT2D eigenvalue weighted by Gasteiger charge is 2.07. The lowest BCUT2D eigenvalue weighted by Gasteiger charge is -2.18. The molecule has 0 saturated carbocycles. The average Bonchev–Trinajstić information content (AvgIpc) is 2.18. The van der Waals surface area contributed by atoms with Gasteiger partial charge in [0.25, 0.3) is 0 Å². The minimum absolute atomic E-state index is 0.311. The van der Waals surface area contributed by atoms with Gasteiger partial charge in [-0.3, -0.25) is 0 Å². The second kappa shape index (κ2) is 5.35. The molecule has 2 atom stereocenters. The highest BCUT2D eigenvalue weighted by molar-refractivity contribution is 6.30. The molecule has 1 aromatic rings. The van der Waals surface area contributed by atoms with Crippen LogP contribution >= 0.6 is 11.6 Å². The third kappa shape index (κ3) is 3.29. The van der Waals surface area contributed by atoms with Gasteiger partial charge in [-0.05, 0) is 31.5 Å². The first kappa shape index (κ1) is 11.5. The maximum Gasteiger partial charge on any atom is 0.0406 e. The van der Waals surface area contributed by atoms with Gasteiger partial charge in [-0.2, -0.15) is 0 Å². The van der Waals surface area contributed by atoms with Crippen molar-refractivity contribution in [2.75, 3.05) is 6.54 Å².